The molecule has 0 aromatic heterocycles. The second-order valence-corrected chi connectivity index (χ2v) is 3.82. The van der Waals surface area contributed by atoms with Gasteiger partial charge in [0.1, 0.15) is 6.54 Å². The Kier molecular flexibility index (Phi) is 4.98. The van der Waals surface area contributed by atoms with Gasteiger partial charge in [-0.1, -0.05) is 0 Å². The molecule has 112 valence electrons. The summed E-state index contributed by atoms with van der Waals surface area (Å²) in [6.07, 6.45) is -4.75. The van der Waals surface area contributed by atoms with E-state index in [2.05, 4.69) is 0 Å². The highest BCUT2D eigenvalue weighted by atomic mass is 19.4. The molecule has 1 aromatic carbocycles. The third-order valence-electron chi connectivity index (χ3n) is 2.26. The molecule has 0 atom stereocenters. The van der Waals surface area contributed by atoms with Crippen molar-refractivity contribution >= 4 is 5.91 Å². The lowest BCUT2D eigenvalue weighted by Gasteiger charge is -2.23. The Labute approximate surface area is 109 Å². The maximum atomic E-state index is 12.9. The third kappa shape index (κ3) is 4.12. The van der Waals surface area contributed by atoms with Crippen molar-refractivity contribution in [2.24, 2.45) is 0 Å². The van der Waals surface area contributed by atoms with Gasteiger partial charge in [0.25, 0.3) is 5.91 Å². The summed E-state index contributed by atoms with van der Waals surface area (Å²) in [4.78, 5) is 11.8. The summed E-state index contributed by atoms with van der Waals surface area (Å²) >= 11 is 0. The van der Waals surface area contributed by atoms with Crippen LogP contribution < -0.4 is 0 Å². The highest BCUT2D eigenvalue weighted by molar-refractivity contribution is 5.94. The lowest BCUT2D eigenvalue weighted by Crippen LogP contribution is -2.40. The molecule has 0 aliphatic rings. The molecule has 0 bridgehead atoms. The van der Waals surface area contributed by atoms with Crippen molar-refractivity contribution in [3.63, 3.8) is 0 Å². The number of hydrogen-bond acceptors (Lipinski definition) is 2. The smallest absolute Gasteiger partial charge is 0.395 e. The van der Waals surface area contributed by atoms with E-state index in [0.29, 0.717) is 12.1 Å². The van der Waals surface area contributed by atoms with E-state index in [4.69, 9.17) is 5.11 Å². The van der Waals surface area contributed by atoms with Gasteiger partial charge >= 0.3 is 6.18 Å². The number of benzene rings is 1. The van der Waals surface area contributed by atoms with Crippen molar-refractivity contribution in [1.82, 2.24) is 4.90 Å². The number of carbonyl (C=O) groups excluding carboxylic acids is 1. The minimum Gasteiger partial charge on any atom is -0.395 e. The second kappa shape index (κ2) is 6.12. The highest BCUT2D eigenvalue weighted by Crippen LogP contribution is 2.20. The number of rotatable bonds is 4. The van der Waals surface area contributed by atoms with Gasteiger partial charge in [-0.3, -0.25) is 4.79 Å². The molecule has 9 heteroatoms. The average molecular weight is 301 g/mol. The molecule has 3 nitrogen and oxygen atoms in total. The average Bonchev–Trinajstić information content (AvgIpc) is 2.32. The molecule has 1 aromatic rings. The zero-order valence-electron chi connectivity index (χ0n) is 9.85. The maximum absolute atomic E-state index is 12.9. The van der Waals surface area contributed by atoms with Gasteiger partial charge in [-0.05, 0) is 12.1 Å². The van der Waals surface area contributed by atoms with Gasteiger partial charge in [-0.15, -0.1) is 0 Å². The highest BCUT2D eigenvalue weighted by Gasteiger charge is 2.33. The van der Waals surface area contributed by atoms with Crippen molar-refractivity contribution < 1.29 is 36.2 Å². The molecule has 1 amide bonds. The number of hydrogen-bond donors (Lipinski definition) is 1. The largest absolute Gasteiger partial charge is 0.406 e. The topological polar surface area (TPSA) is 40.5 Å². The number of amides is 1. The molecule has 0 saturated carbocycles. The fourth-order valence-corrected chi connectivity index (χ4v) is 1.45. The Morgan fingerprint density at radius 2 is 1.65 bits per heavy atom. The number of halogens is 6. The van der Waals surface area contributed by atoms with Gasteiger partial charge in [-0.25, -0.2) is 13.2 Å². The minimum atomic E-state index is -4.75. The van der Waals surface area contributed by atoms with Gasteiger partial charge in [0, 0.05) is 12.1 Å². The van der Waals surface area contributed by atoms with Crippen LogP contribution >= 0.6 is 0 Å². The summed E-state index contributed by atoms with van der Waals surface area (Å²) in [7, 11) is 0. The van der Waals surface area contributed by atoms with Gasteiger partial charge in [0.15, 0.2) is 17.5 Å². The molecule has 1 rings (SSSR count). The molecule has 0 fully saturated rings. The fourth-order valence-electron chi connectivity index (χ4n) is 1.45. The van der Waals surface area contributed by atoms with Crippen LogP contribution in [0.3, 0.4) is 0 Å². The van der Waals surface area contributed by atoms with E-state index in [9.17, 15) is 31.1 Å². The van der Waals surface area contributed by atoms with Crippen LogP contribution in [0.4, 0.5) is 26.3 Å². The molecule has 1 N–H and O–H groups in total. The van der Waals surface area contributed by atoms with Crippen LogP contribution in [0.15, 0.2) is 12.1 Å². The Hall–Kier alpha value is -1.77. The van der Waals surface area contributed by atoms with Crippen molar-refractivity contribution in [2.75, 3.05) is 19.7 Å². The van der Waals surface area contributed by atoms with E-state index in [0.717, 1.165) is 0 Å². The molecule has 0 heterocycles. The van der Waals surface area contributed by atoms with Gasteiger partial charge < -0.3 is 10.0 Å². The van der Waals surface area contributed by atoms with Crippen LogP contribution in [0.1, 0.15) is 10.4 Å². The van der Waals surface area contributed by atoms with Crippen molar-refractivity contribution in [3.8, 4) is 0 Å². The number of nitrogens with zero attached hydrogens (tertiary/aromatic N) is 1. The summed E-state index contributed by atoms with van der Waals surface area (Å²) in [5, 5.41) is 8.61. The van der Waals surface area contributed by atoms with Crippen molar-refractivity contribution in [3.05, 3.63) is 35.1 Å². The Morgan fingerprint density at radius 1 is 1.15 bits per heavy atom. The van der Waals surface area contributed by atoms with E-state index in [1.165, 1.54) is 0 Å². The first-order valence-corrected chi connectivity index (χ1v) is 5.27. The van der Waals surface area contributed by atoms with E-state index >= 15 is 0 Å². The van der Waals surface area contributed by atoms with Crippen LogP contribution in [0.2, 0.25) is 0 Å². The first-order valence-electron chi connectivity index (χ1n) is 5.27. The summed E-state index contributed by atoms with van der Waals surface area (Å²) < 4.78 is 75.3. The minimum absolute atomic E-state index is 0.159. The molecule has 0 unspecified atom stereocenters. The molecule has 0 saturated heterocycles. The van der Waals surface area contributed by atoms with Crippen LogP contribution in [-0.2, 0) is 0 Å². The lowest BCUT2D eigenvalue weighted by atomic mass is 10.1. The zero-order valence-corrected chi connectivity index (χ0v) is 9.85. The number of alkyl halides is 3. The predicted octanol–water partition coefficient (Wildman–Crippen LogP) is 2.10. The molecule has 20 heavy (non-hydrogen) atoms. The van der Waals surface area contributed by atoms with Crippen LogP contribution in [-0.4, -0.2) is 41.8 Å². The first-order chi connectivity index (χ1) is 9.15. The summed E-state index contributed by atoms with van der Waals surface area (Å²) in [6, 6.07) is 0.586. The standard InChI is InChI=1S/C11H9F6NO2/c12-7-3-6(4-8(13)9(7)14)10(20)18(1-2-19)5-11(15,16)17/h3-4,19H,1-2,5H2. The monoisotopic (exact) mass is 301 g/mol. The van der Waals surface area contributed by atoms with E-state index in [1.807, 2.05) is 0 Å². The van der Waals surface area contributed by atoms with Crippen LogP contribution in [0.5, 0.6) is 0 Å². The lowest BCUT2D eigenvalue weighted by molar-refractivity contribution is -0.141. The molecular weight excluding hydrogens is 292 g/mol. The van der Waals surface area contributed by atoms with Gasteiger partial charge in [0.05, 0.1) is 6.61 Å². The Morgan fingerprint density at radius 3 is 2.05 bits per heavy atom. The molecule has 0 radical (unpaired) electrons. The second-order valence-electron chi connectivity index (χ2n) is 3.82. The number of aliphatic hydroxyl groups is 1. The summed E-state index contributed by atoms with van der Waals surface area (Å²) in [5.41, 5.74) is -0.779. The Balaban J connectivity index is 3.06. The molecule has 0 aliphatic carbocycles. The molecule has 0 spiro atoms. The molecule has 0 aliphatic heterocycles. The van der Waals surface area contributed by atoms with Crippen LogP contribution in [0, 0.1) is 17.5 Å². The number of aliphatic hydroxyl groups excluding tert-OH is 1. The molecular formula is C11H9F6NO2. The third-order valence-corrected chi connectivity index (χ3v) is 2.26. The maximum Gasteiger partial charge on any atom is 0.406 e. The van der Waals surface area contributed by atoms with Crippen molar-refractivity contribution in [2.45, 2.75) is 6.18 Å². The van der Waals surface area contributed by atoms with E-state index < -0.39 is 54.8 Å². The Bertz CT molecular complexity index is 479. The fraction of sp³-hybridized carbons (Fsp3) is 0.364. The van der Waals surface area contributed by atoms with E-state index in [-0.39, 0.29) is 4.90 Å². The zero-order chi connectivity index (χ0) is 15.5. The SMILES string of the molecule is O=C(c1cc(F)c(F)c(F)c1)N(CCO)CC(F)(F)F. The quantitative estimate of drug-likeness (QED) is 0.683. The van der Waals surface area contributed by atoms with Gasteiger partial charge in [-0.2, -0.15) is 13.2 Å². The predicted molar refractivity (Wildman–Crippen MR) is 55.4 cm³/mol. The van der Waals surface area contributed by atoms with E-state index in [1.54, 1.807) is 0 Å². The van der Waals surface area contributed by atoms with Crippen molar-refractivity contribution in [1.29, 1.82) is 0 Å². The number of carbonyl (C=O) groups is 1. The first kappa shape index (κ1) is 16.3. The summed E-state index contributed by atoms with van der Waals surface area (Å²) in [6.45, 7) is -3.15. The normalized spacial score (nSPS) is 11.6. The van der Waals surface area contributed by atoms with Gasteiger partial charge in [0.2, 0.25) is 0 Å². The summed E-state index contributed by atoms with van der Waals surface area (Å²) in [5.74, 6) is -6.58. The van der Waals surface area contributed by atoms with Crippen LogP contribution in [0.25, 0.3) is 0 Å².